The number of H-pyrrole nitrogens is 1. The number of hydrogen-bond acceptors (Lipinski definition) is 3. The maximum atomic E-state index is 12.1. The van der Waals surface area contributed by atoms with Gasteiger partial charge in [-0.3, -0.25) is 4.79 Å². The third-order valence-corrected chi connectivity index (χ3v) is 3.49. The lowest BCUT2D eigenvalue weighted by atomic mass is 10.0. The van der Waals surface area contributed by atoms with Gasteiger partial charge in [0.15, 0.2) is 0 Å². The molecule has 19 heavy (non-hydrogen) atoms. The van der Waals surface area contributed by atoms with Crippen LogP contribution in [-0.4, -0.2) is 28.5 Å². The molecule has 5 heteroatoms. The van der Waals surface area contributed by atoms with Crippen LogP contribution in [0.5, 0.6) is 0 Å². The lowest BCUT2D eigenvalue weighted by Crippen LogP contribution is -2.43. The number of nitrogens with one attached hydrogen (secondary N) is 3. The first kappa shape index (κ1) is 12.2. The van der Waals surface area contributed by atoms with Gasteiger partial charge in [0, 0.05) is 5.69 Å². The second-order valence-corrected chi connectivity index (χ2v) is 5.05. The predicted octanol–water partition coefficient (Wildman–Crippen LogP) is 1.95. The Labute approximate surface area is 111 Å². The number of benzene rings is 1. The monoisotopic (exact) mass is 258 g/mol. The number of amides is 1. The molecule has 1 atom stereocenters. The molecule has 0 radical (unpaired) electrons. The van der Waals surface area contributed by atoms with Crippen molar-refractivity contribution in [3.05, 3.63) is 24.0 Å². The van der Waals surface area contributed by atoms with Crippen molar-refractivity contribution in [2.75, 3.05) is 11.9 Å². The predicted molar refractivity (Wildman–Crippen MR) is 75.1 cm³/mol. The molecular weight excluding hydrogens is 240 g/mol. The summed E-state index contributed by atoms with van der Waals surface area (Å²) in [6, 6.07) is 5.68. The van der Waals surface area contributed by atoms with E-state index in [0.717, 1.165) is 48.4 Å². The first-order chi connectivity index (χ1) is 9.22. The summed E-state index contributed by atoms with van der Waals surface area (Å²) in [6.45, 7) is 2.85. The largest absolute Gasteiger partial charge is 0.342 e. The van der Waals surface area contributed by atoms with Gasteiger partial charge in [-0.2, -0.15) is 0 Å². The summed E-state index contributed by atoms with van der Waals surface area (Å²) in [6.07, 6.45) is 3.18. The Morgan fingerprint density at radius 3 is 3.11 bits per heavy atom. The molecule has 100 valence electrons. The standard InChI is InChI=1S/C14H18N4O/c1-9-16-11-6-5-10(8-13(11)17-9)18-14(19)12-4-2-3-7-15-12/h5-6,8,12,15H,2-4,7H2,1H3,(H,16,17)(H,18,19)/t12-/m1/s1. The van der Waals surface area contributed by atoms with E-state index >= 15 is 0 Å². The molecule has 1 aliphatic rings. The van der Waals surface area contributed by atoms with Gasteiger partial charge in [-0.1, -0.05) is 6.42 Å². The summed E-state index contributed by atoms with van der Waals surface area (Å²) in [4.78, 5) is 19.6. The molecule has 1 aliphatic heterocycles. The third-order valence-electron chi connectivity index (χ3n) is 3.49. The van der Waals surface area contributed by atoms with E-state index in [1.165, 1.54) is 0 Å². The van der Waals surface area contributed by atoms with E-state index in [9.17, 15) is 4.79 Å². The zero-order chi connectivity index (χ0) is 13.2. The average molecular weight is 258 g/mol. The quantitative estimate of drug-likeness (QED) is 0.771. The van der Waals surface area contributed by atoms with Crippen LogP contribution < -0.4 is 10.6 Å². The summed E-state index contributed by atoms with van der Waals surface area (Å²) in [5.41, 5.74) is 2.69. The van der Waals surface area contributed by atoms with Crippen LogP contribution >= 0.6 is 0 Å². The highest BCUT2D eigenvalue weighted by atomic mass is 16.2. The third kappa shape index (κ3) is 2.61. The van der Waals surface area contributed by atoms with Crippen molar-refractivity contribution in [3.8, 4) is 0 Å². The minimum Gasteiger partial charge on any atom is -0.342 e. The number of fused-ring (bicyclic) bond motifs is 1. The van der Waals surface area contributed by atoms with E-state index in [-0.39, 0.29) is 11.9 Å². The molecule has 3 N–H and O–H groups in total. The van der Waals surface area contributed by atoms with Crippen LogP contribution in [0.2, 0.25) is 0 Å². The van der Waals surface area contributed by atoms with Crippen molar-refractivity contribution >= 4 is 22.6 Å². The maximum absolute atomic E-state index is 12.1. The van der Waals surface area contributed by atoms with Gasteiger partial charge < -0.3 is 15.6 Å². The van der Waals surface area contributed by atoms with Crippen molar-refractivity contribution < 1.29 is 4.79 Å². The van der Waals surface area contributed by atoms with E-state index < -0.39 is 0 Å². The second-order valence-electron chi connectivity index (χ2n) is 5.05. The van der Waals surface area contributed by atoms with Crippen molar-refractivity contribution in [1.82, 2.24) is 15.3 Å². The number of piperidine rings is 1. The number of carbonyl (C=O) groups excluding carboxylic acids is 1. The van der Waals surface area contributed by atoms with Gasteiger partial charge in [-0.25, -0.2) is 4.98 Å². The van der Waals surface area contributed by atoms with E-state index in [4.69, 9.17) is 0 Å². The minimum atomic E-state index is -0.0621. The highest BCUT2D eigenvalue weighted by Gasteiger charge is 2.20. The highest BCUT2D eigenvalue weighted by molar-refractivity contribution is 5.96. The molecule has 1 aromatic heterocycles. The minimum absolute atomic E-state index is 0.0512. The van der Waals surface area contributed by atoms with Gasteiger partial charge in [-0.05, 0) is 44.5 Å². The molecule has 0 spiro atoms. The normalized spacial score (nSPS) is 19.5. The van der Waals surface area contributed by atoms with Crippen LogP contribution in [0.1, 0.15) is 25.1 Å². The van der Waals surface area contributed by atoms with Crippen LogP contribution in [0, 0.1) is 6.92 Å². The fourth-order valence-corrected chi connectivity index (χ4v) is 2.52. The van der Waals surface area contributed by atoms with Crippen LogP contribution in [-0.2, 0) is 4.79 Å². The summed E-state index contributed by atoms with van der Waals surface area (Å²) >= 11 is 0. The zero-order valence-corrected chi connectivity index (χ0v) is 11.0. The molecule has 0 unspecified atom stereocenters. The van der Waals surface area contributed by atoms with Crippen LogP contribution in [0.15, 0.2) is 18.2 Å². The molecule has 5 nitrogen and oxygen atoms in total. The van der Waals surface area contributed by atoms with Crippen molar-refractivity contribution in [1.29, 1.82) is 0 Å². The SMILES string of the molecule is Cc1nc2ccc(NC(=O)[C@H]3CCCCN3)cc2[nH]1. The van der Waals surface area contributed by atoms with E-state index in [1.807, 2.05) is 25.1 Å². The van der Waals surface area contributed by atoms with Gasteiger partial charge in [0.1, 0.15) is 5.82 Å². The number of nitrogens with zero attached hydrogens (tertiary/aromatic N) is 1. The van der Waals surface area contributed by atoms with Crippen LogP contribution in [0.3, 0.4) is 0 Å². The first-order valence-corrected chi connectivity index (χ1v) is 6.73. The van der Waals surface area contributed by atoms with Crippen LogP contribution in [0.4, 0.5) is 5.69 Å². The number of anilines is 1. The molecule has 2 heterocycles. The molecule has 1 amide bonds. The van der Waals surface area contributed by atoms with E-state index in [2.05, 4.69) is 20.6 Å². The summed E-state index contributed by atoms with van der Waals surface area (Å²) in [7, 11) is 0. The van der Waals surface area contributed by atoms with Gasteiger partial charge in [0.05, 0.1) is 17.1 Å². The molecule has 0 aliphatic carbocycles. The molecule has 0 saturated carbocycles. The molecule has 1 aromatic carbocycles. The Bertz CT molecular complexity index is 599. The van der Waals surface area contributed by atoms with E-state index in [0.29, 0.717) is 0 Å². The summed E-state index contributed by atoms with van der Waals surface area (Å²) in [5.74, 6) is 0.933. The zero-order valence-electron chi connectivity index (χ0n) is 11.0. The fourth-order valence-electron chi connectivity index (χ4n) is 2.52. The summed E-state index contributed by atoms with van der Waals surface area (Å²) < 4.78 is 0. The first-order valence-electron chi connectivity index (χ1n) is 6.73. The van der Waals surface area contributed by atoms with Crippen molar-refractivity contribution in [2.24, 2.45) is 0 Å². The molecule has 3 rings (SSSR count). The number of aromatic amines is 1. The number of imidazole rings is 1. The number of aromatic nitrogens is 2. The Hall–Kier alpha value is -1.88. The van der Waals surface area contributed by atoms with Gasteiger partial charge in [0.25, 0.3) is 0 Å². The summed E-state index contributed by atoms with van der Waals surface area (Å²) in [5, 5.41) is 6.21. The van der Waals surface area contributed by atoms with Crippen LogP contribution in [0.25, 0.3) is 11.0 Å². The number of carbonyl (C=O) groups is 1. The molecule has 2 aromatic rings. The smallest absolute Gasteiger partial charge is 0.241 e. The molecular formula is C14H18N4O. The second kappa shape index (κ2) is 5.01. The highest BCUT2D eigenvalue weighted by Crippen LogP contribution is 2.18. The van der Waals surface area contributed by atoms with Crippen molar-refractivity contribution in [3.63, 3.8) is 0 Å². The Kier molecular flexibility index (Phi) is 3.21. The van der Waals surface area contributed by atoms with E-state index in [1.54, 1.807) is 0 Å². The number of hydrogen-bond donors (Lipinski definition) is 3. The number of aryl methyl sites for hydroxylation is 1. The molecule has 1 saturated heterocycles. The Morgan fingerprint density at radius 1 is 1.42 bits per heavy atom. The average Bonchev–Trinajstić information content (AvgIpc) is 2.79. The molecule has 1 fully saturated rings. The Balaban J connectivity index is 1.74. The van der Waals surface area contributed by atoms with Gasteiger partial charge >= 0.3 is 0 Å². The fraction of sp³-hybridized carbons (Fsp3) is 0.429. The lowest BCUT2D eigenvalue weighted by Gasteiger charge is -2.22. The number of rotatable bonds is 2. The van der Waals surface area contributed by atoms with Gasteiger partial charge in [0.2, 0.25) is 5.91 Å². The lowest BCUT2D eigenvalue weighted by molar-refractivity contribution is -0.118. The van der Waals surface area contributed by atoms with Crippen molar-refractivity contribution in [2.45, 2.75) is 32.2 Å². The van der Waals surface area contributed by atoms with Gasteiger partial charge in [-0.15, -0.1) is 0 Å². The topological polar surface area (TPSA) is 69.8 Å². The molecule has 0 bridgehead atoms. The maximum Gasteiger partial charge on any atom is 0.241 e. The Morgan fingerprint density at radius 2 is 2.32 bits per heavy atom.